The zero-order valence-corrected chi connectivity index (χ0v) is 23.9. The summed E-state index contributed by atoms with van der Waals surface area (Å²) in [5.74, 6) is 0.981. The van der Waals surface area contributed by atoms with E-state index >= 15 is 0 Å². The summed E-state index contributed by atoms with van der Waals surface area (Å²) in [6.07, 6.45) is 14.2. The molecular formula is C29H43FN4O2S. The van der Waals surface area contributed by atoms with Crippen molar-refractivity contribution in [1.82, 2.24) is 20.5 Å². The molecule has 0 unspecified atom stereocenters. The molecule has 6 nitrogen and oxygen atoms in total. The molecule has 1 aromatic rings. The lowest BCUT2D eigenvalue weighted by atomic mass is 10.1. The maximum Gasteiger partial charge on any atom is 0.255 e. The Morgan fingerprint density at radius 3 is 2.46 bits per heavy atom. The number of amides is 2. The molecule has 0 aliphatic carbocycles. The number of likely N-dealkylation sites (N-methyl/N-ethyl adjacent to an activating group) is 1. The molecule has 0 saturated heterocycles. The van der Waals surface area contributed by atoms with Crippen molar-refractivity contribution in [3.63, 3.8) is 0 Å². The third-order valence-corrected chi connectivity index (χ3v) is 6.72. The molecule has 0 bridgehead atoms. The first-order valence-corrected chi connectivity index (χ1v) is 13.9. The van der Waals surface area contributed by atoms with Crippen LogP contribution in [-0.4, -0.2) is 66.1 Å². The lowest BCUT2D eigenvalue weighted by molar-refractivity contribution is -0.116. The molecule has 1 aromatic heterocycles. The molecule has 0 aliphatic heterocycles. The molecule has 0 saturated carbocycles. The molecule has 8 heteroatoms. The highest BCUT2D eigenvalue weighted by Gasteiger charge is 2.18. The van der Waals surface area contributed by atoms with E-state index in [2.05, 4.69) is 34.4 Å². The third kappa shape index (κ3) is 11.4. The highest BCUT2D eigenvalue weighted by atomic mass is 32.2. The van der Waals surface area contributed by atoms with E-state index < -0.39 is 6.67 Å². The number of nitrogens with zero attached hydrogens (tertiary/aromatic N) is 1. The van der Waals surface area contributed by atoms with Crippen molar-refractivity contribution in [3.8, 4) is 0 Å². The Labute approximate surface area is 226 Å². The van der Waals surface area contributed by atoms with Crippen molar-refractivity contribution in [2.45, 2.75) is 41.5 Å². The maximum atomic E-state index is 12.9. The molecule has 1 rings (SSSR count). The van der Waals surface area contributed by atoms with Gasteiger partial charge in [-0.1, -0.05) is 44.2 Å². The summed E-state index contributed by atoms with van der Waals surface area (Å²) in [5.41, 5.74) is 4.28. The smallest absolute Gasteiger partial charge is 0.255 e. The van der Waals surface area contributed by atoms with Crippen LogP contribution >= 0.6 is 11.8 Å². The van der Waals surface area contributed by atoms with Gasteiger partial charge in [-0.25, -0.2) is 4.39 Å². The number of aromatic amines is 1. The van der Waals surface area contributed by atoms with Gasteiger partial charge in [0, 0.05) is 41.6 Å². The van der Waals surface area contributed by atoms with Gasteiger partial charge in [-0.2, -0.15) is 11.8 Å². The standard InChI is InChI=1S/C29H43FN4O2S/c1-7-12-24(14-15-30)21-37-19-11-13-25(28(35)31-16-8-2)20-26-22(5)27(23(6)33-26)29(36)32-17-18-34(9-3)10-4/h7-8,11-14,16,20,33H,9-10,15,17-19,21H2,1-6H3,(H,31,35)(H,32,36)/b12-7-,13-11+,16-8+,24-14+,25-20-. The Bertz CT molecular complexity index is 1020. The van der Waals surface area contributed by atoms with Crippen molar-refractivity contribution in [3.05, 3.63) is 76.3 Å². The van der Waals surface area contributed by atoms with E-state index in [4.69, 9.17) is 0 Å². The first-order chi connectivity index (χ1) is 17.8. The second kappa shape index (κ2) is 18.4. The van der Waals surface area contributed by atoms with E-state index in [9.17, 15) is 14.0 Å². The number of aryl methyl sites for hydroxylation is 1. The Morgan fingerprint density at radius 2 is 1.84 bits per heavy atom. The minimum absolute atomic E-state index is 0.122. The summed E-state index contributed by atoms with van der Waals surface area (Å²) < 4.78 is 12.7. The van der Waals surface area contributed by atoms with Gasteiger partial charge in [0.1, 0.15) is 6.67 Å². The summed E-state index contributed by atoms with van der Waals surface area (Å²) in [4.78, 5) is 31.2. The van der Waals surface area contributed by atoms with E-state index in [1.54, 1.807) is 42.3 Å². The van der Waals surface area contributed by atoms with E-state index in [1.165, 1.54) is 0 Å². The monoisotopic (exact) mass is 530 g/mol. The average molecular weight is 531 g/mol. The molecule has 0 aromatic carbocycles. The first kappa shape index (κ1) is 32.2. The van der Waals surface area contributed by atoms with Crippen LogP contribution in [0.5, 0.6) is 0 Å². The van der Waals surface area contributed by atoms with Gasteiger partial charge in [-0.15, -0.1) is 0 Å². The SMILES string of the molecule is C/C=C\C(=C/CF)CSC/C=C/C(=C/c1[nH]c(C)c(C(=O)NCCN(CC)CC)c1C)C(=O)N/C=C/C. The number of thioether (sulfide) groups is 1. The van der Waals surface area contributed by atoms with Crippen LogP contribution in [0.1, 0.15) is 55.0 Å². The van der Waals surface area contributed by atoms with Crippen LogP contribution < -0.4 is 10.6 Å². The summed E-state index contributed by atoms with van der Waals surface area (Å²) in [6.45, 7) is 14.5. The van der Waals surface area contributed by atoms with Crippen LogP contribution in [0.25, 0.3) is 6.08 Å². The summed E-state index contributed by atoms with van der Waals surface area (Å²) in [6, 6.07) is 0. The number of hydrogen-bond acceptors (Lipinski definition) is 4. The molecule has 0 spiro atoms. The van der Waals surface area contributed by atoms with Crippen LogP contribution in [0.3, 0.4) is 0 Å². The van der Waals surface area contributed by atoms with E-state index in [0.717, 1.165) is 42.2 Å². The average Bonchev–Trinajstić information content (AvgIpc) is 3.16. The summed E-state index contributed by atoms with van der Waals surface area (Å²) in [5, 5.41) is 5.77. The minimum Gasteiger partial charge on any atom is -0.358 e. The third-order valence-electron chi connectivity index (χ3n) is 5.75. The molecule has 2 amide bonds. The van der Waals surface area contributed by atoms with Gasteiger partial charge in [0.2, 0.25) is 0 Å². The fourth-order valence-corrected chi connectivity index (χ4v) is 4.51. The number of allylic oxidation sites excluding steroid dienone is 4. The molecule has 1 heterocycles. The Balaban J connectivity index is 3.05. The number of carbonyl (C=O) groups is 2. The summed E-state index contributed by atoms with van der Waals surface area (Å²) >= 11 is 1.64. The molecule has 0 fully saturated rings. The van der Waals surface area contributed by atoms with Gasteiger partial charge >= 0.3 is 0 Å². The van der Waals surface area contributed by atoms with Crippen molar-refractivity contribution in [2.75, 3.05) is 44.4 Å². The van der Waals surface area contributed by atoms with Crippen molar-refractivity contribution >= 4 is 29.7 Å². The van der Waals surface area contributed by atoms with Crippen LogP contribution in [-0.2, 0) is 4.79 Å². The largest absolute Gasteiger partial charge is 0.358 e. The minimum atomic E-state index is -0.487. The number of H-pyrrole nitrogens is 1. The lowest BCUT2D eigenvalue weighted by Crippen LogP contribution is -2.35. The number of nitrogens with one attached hydrogen (secondary N) is 3. The van der Waals surface area contributed by atoms with Crippen LogP contribution in [0.2, 0.25) is 0 Å². The van der Waals surface area contributed by atoms with E-state index in [-0.39, 0.29) is 11.8 Å². The van der Waals surface area contributed by atoms with Gasteiger partial charge in [0.15, 0.2) is 0 Å². The fraction of sp³-hybridized carbons (Fsp3) is 0.448. The molecule has 0 aliphatic rings. The molecule has 0 atom stereocenters. The number of aromatic nitrogens is 1. The number of carbonyl (C=O) groups excluding carboxylic acids is 2. The zero-order valence-electron chi connectivity index (χ0n) is 23.1. The zero-order chi connectivity index (χ0) is 27.6. The highest BCUT2D eigenvalue weighted by molar-refractivity contribution is 7.99. The second-order valence-corrected chi connectivity index (χ2v) is 9.40. The fourth-order valence-electron chi connectivity index (χ4n) is 3.71. The van der Waals surface area contributed by atoms with Gasteiger partial charge < -0.3 is 20.5 Å². The highest BCUT2D eigenvalue weighted by Crippen LogP contribution is 2.21. The molecule has 37 heavy (non-hydrogen) atoms. The van der Waals surface area contributed by atoms with Gasteiger partial charge in [0.25, 0.3) is 11.8 Å². The van der Waals surface area contributed by atoms with Crippen molar-refractivity contribution < 1.29 is 14.0 Å². The van der Waals surface area contributed by atoms with Crippen LogP contribution in [0.4, 0.5) is 4.39 Å². The molecule has 204 valence electrons. The Kier molecular flexibility index (Phi) is 16.0. The molecular weight excluding hydrogens is 487 g/mol. The predicted octanol–water partition coefficient (Wildman–Crippen LogP) is 5.50. The lowest BCUT2D eigenvalue weighted by Gasteiger charge is -2.18. The quantitative estimate of drug-likeness (QED) is 0.150. The van der Waals surface area contributed by atoms with Gasteiger partial charge in [-0.05, 0) is 70.3 Å². The molecule has 3 N–H and O–H groups in total. The van der Waals surface area contributed by atoms with E-state index in [0.29, 0.717) is 29.2 Å². The van der Waals surface area contributed by atoms with Gasteiger partial charge in [0.05, 0.1) is 5.56 Å². The predicted molar refractivity (Wildman–Crippen MR) is 157 cm³/mol. The Hall–Kier alpha value is -2.84. The van der Waals surface area contributed by atoms with Crippen molar-refractivity contribution in [1.29, 1.82) is 0 Å². The Morgan fingerprint density at radius 1 is 1.11 bits per heavy atom. The van der Waals surface area contributed by atoms with Crippen LogP contribution in [0, 0.1) is 13.8 Å². The van der Waals surface area contributed by atoms with Crippen molar-refractivity contribution in [2.24, 2.45) is 0 Å². The normalized spacial score (nSPS) is 13.0. The number of alkyl halides is 1. The number of rotatable bonds is 16. The first-order valence-electron chi connectivity index (χ1n) is 12.8. The number of halogens is 1. The van der Waals surface area contributed by atoms with Gasteiger partial charge in [-0.3, -0.25) is 9.59 Å². The van der Waals surface area contributed by atoms with Crippen LogP contribution in [0.15, 0.2) is 53.8 Å². The number of hydrogen-bond donors (Lipinski definition) is 3. The van der Waals surface area contributed by atoms with E-state index in [1.807, 2.05) is 45.9 Å². The molecule has 0 radical (unpaired) electrons. The second-order valence-electron chi connectivity index (χ2n) is 8.37. The summed E-state index contributed by atoms with van der Waals surface area (Å²) in [7, 11) is 0. The topological polar surface area (TPSA) is 77.2 Å². The maximum absolute atomic E-state index is 12.9.